The molecule has 102 valence electrons. The van der Waals surface area contributed by atoms with Gasteiger partial charge in [-0.25, -0.2) is 0 Å². The Balaban J connectivity index is 2.95. The van der Waals surface area contributed by atoms with Crippen molar-refractivity contribution in [2.24, 2.45) is 0 Å². The second-order valence-electron chi connectivity index (χ2n) is 4.68. The molecule has 0 saturated heterocycles. The highest BCUT2D eigenvalue weighted by Crippen LogP contribution is 2.27. The lowest BCUT2D eigenvalue weighted by molar-refractivity contribution is -0.133. The summed E-state index contributed by atoms with van der Waals surface area (Å²) in [5.74, 6) is 0.498. The second-order valence-corrected chi connectivity index (χ2v) is 5.62. The van der Waals surface area contributed by atoms with E-state index in [1.165, 1.54) is 11.8 Å². The average Bonchev–Trinajstić information content (AvgIpc) is 2.70. The molecule has 1 unspecified atom stereocenters. The largest absolute Gasteiger partial charge is 0.481 e. The minimum Gasteiger partial charge on any atom is -0.481 e. The van der Waals surface area contributed by atoms with E-state index in [1.807, 2.05) is 4.57 Å². The van der Waals surface area contributed by atoms with Crippen LogP contribution in [0.1, 0.15) is 58.3 Å². The summed E-state index contributed by atoms with van der Waals surface area (Å²) in [4.78, 5) is 10.6. The van der Waals surface area contributed by atoms with Crippen molar-refractivity contribution in [1.82, 2.24) is 14.8 Å². The normalized spacial score (nSPS) is 12.9. The molecule has 0 aliphatic heterocycles. The monoisotopic (exact) mass is 271 g/mol. The molecule has 1 atom stereocenters. The van der Waals surface area contributed by atoms with Crippen LogP contribution in [-0.4, -0.2) is 31.6 Å². The highest BCUT2D eigenvalue weighted by molar-refractivity contribution is 7.99. The maximum Gasteiger partial charge on any atom is 0.313 e. The van der Waals surface area contributed by atoms with E-state index in [0.29, 0.717) is 11.1 Å². The van der Waals surface area contributed by atoms with Gasteiger partial charge in [0, 0.05) is 12.0 Å². The van der Waals surface area contributed by atoms with Gasteiger partial charge in [0.05, 0.1) is 5.75 Å². The van der Waals surface area contributed by atoms with Gasteiger partial charge in [-0.3, -0.25) is 4.79 Å². The third-order valence-electron chi connectivity index (χ3n) is 2.69. The Morgan fingerprint density at radius 1 is 1.39 bits per heavy atom. The van der Waals surface area contributed by atoms with E-state index in [2.05, 4.69) is 37.9 Å². The summed E-state index contributed by atoms with van der Waals surface area (Å²) in [6.07, 6.45) is 2.16. The van der Waals surface area contributed by atoms with Gasteiger partial charge in [0.2, 0.25) is 0 Å². The molecule has 0 saturated carbocycles. The molecule has 0 bridgehead atoms. The van der Waals surface area contributed by atoms with Gasteiger partial charge in [0.25, 0.3) is 0 Å². The van der Waals surface area contributed by atoms with Crippen molar-refractivity contribution in [1.29, 1.82) is 0 Å². The lowest BCUT2D eigenvalue weighted by Gasteiger charge is -2.16. The number of carbonyl (C=O) groups is 1. The Bertz CT molecular complexity index is 404. The average molecular weight is 271 g/mol. The third kappa shape index (κ3) is 3.73. The molecule has 0 fully saturated rings. The van der Waals surface area contributed by atoms with Gasteiger partial charge in [-0.05, 0) is 20.3 Å². The molecule has 5 nitrogen and oxygen atoms in total. The molecule has 1 heterocycles. The van der Waals surface area contributed by atoms with E-state index < -0.39 is 5.97 Å². The Morgan fingerprint density at radius 2 is 2.06 bits per heavy atom. The maximum atomic E-state index is 10.6. The van der Waals surface area contributed by atoms with Crippen LogP contribution in [0.4, 0.5) is 0 Å². The number of carboxylic acid groups (broad SMARTS) is 1. The SMILES string of the molecule is CCCC(C)c1nnc(SCC(=O)O)n1C(C)C. The van der Waals surface area contributed by atoms with E-state index in [-0.39, 0.29) is 11.8 Å². The summed E-state index contributed by atoms with van der Waals surface area (Å²) in [5, 5.41) is 17.8. The molecular weight excluding hydrogens is 250 g/mol. The van der Waals surface area contributed by atoms with Crippen molar-refractivity contribution in [3.63, 3.8) is 0 Å². The summed E-state index contributed by atoms with van der Waals surface area (Å²) in [6.45, 7) is 8.41. The van der Waals surface area contributed by atoms with Crippen molar-refractivity contribution in [3.8, 4) is 0 Å². The Labute approximate surface area is 112 Å². The molecule has 1 aromatic heterocycles. The van der Waals surface area contributed by atoms with Gasteiger partial charge in [-0.1, -0.05) is 32.0 Å². The van der Waals surface area contributed by atoms with Crippen LogP contribution in [0.15, 0.2) is 5.16 Å². The molecule has 1 N–H and O–H groups in total. The van der Waals surface area contributed by atoms with Crippen molar-refractivity contribution in [3.05, 3.63) is 5.82 Å². The summed E-state index contributed by atoms with van der Waals surface area (Å²) in [6, 6.07) is 0.241. The van der Waals surface area contributed by atoms with Gasteiger partial charge in [-0.15, -0.1) is 10.2 Å². The molecule has 18 heavy (non-hydrogen) atoms. The first-order valence-electron chi connectivity index (χ1n) is 6.26. The van der Waals surface area contributed by atoms with Crippen molar-refractivity contribution in [2.45, 2.75) is 57.7 Å². The zero-order valence-electron chi connectivity index (χ0n) is 11.4. The van der Waals surface area contributed by atoms with Crippen LogP contribution in [-0.2, 0) is 4.79 Å². The third-order valence-corrected chi connectivity index (χ3v) is 3.62. The highest BCUT2D eigenvalue weighted by Gasteiger charge is 2.19. The van der Waals surface area contributed by atoms with Crippen LogP contribution < -0.4 is 0 Å². The number of nitrogens with zero attached hydrogens (tertiary/aromatic N) is 3. The number of hydrogen-bond donors (Lipinski definition) is 1. The quantitative estimate of drug-likeness (QED) is 0.772. The molecule has 0 spiro atoms. The van der Waals surface area contributed by atoms with Crippen molar-refractivity contribution >= 4 is 17.7 Å². The van der Waals surface area contributed by atoms with Crippen LogP contribution in [0.25, 0.3) is 0 Å². The van der Waals surface area contributed by atoms with E-state index >= 15 is 0 Å². The smallest absolute Gasteiger partial charge is 0.313 e. The molecule has 0 aromatic carbocycles. The highest BCUT2D eigenvalue weighted by atomic mass is 32.2. The molecule has 0 aliphatic carbocycles. The Kier molecular flexibility index (Phi) is 5.65. The van der Waals surface area contributed by atoms with Crippen LogP contribution >= 0.6 is 11.8 Å². The minimum atomic E-state index is -0.832. The van der Waals surface area contributed by atoms with Gasteiger partial charge >= 0.3 is 5.97 Å². The van der Waals surface area contributed by atoms with Crippen molar-refractivity contribution in [2.75, 3.05) is 5.75 Å². The van der Waals surface area contributed by atoms with Crippen LogP contribution in [0, 0.1) is 0 Å². The van der Waals surface area contributed by atoms with Crippen LogP contribution in [0.3, 0.4) is 0 Å². The zero-order valence-corrected chi connectivity index (χ0v) is 12.2. The standard InChI is InChI=1S/C12H21N3O2S/c1-5-6-9(4)11-13-14-12(15(11)8(2)3)18-7-10(16)17/h8-9H,5-7H2,1-4H3,(H,16,17). The van der Waals surface area contributed by atoms with Crippen molar-refractivity contribution < 1.29 is 9.90 Å². The summed E-state index contributed by atoms with van der Waals surface area (Å²) in [7, 11) is 0. The van der Waals surface area contributed by atoms with Gasteiger partial charge < -0.3 is 9.67 Å². The molecule has 0 radical (unpaired) electrons. The fraction of sp³-hybridized carbons (Fsp3) is 0.750. The Morgan fingerprint density at radius 3 is 2.56 bits per heavy atom. The first-order chi connectivity index (χ1) is 8.47. The summed E-state index contributed by atoms with van der Waals surface area (Å²) in [5.41, 5.74) is 0. The number of carboxylic acids is 1. The summed E-state index contributed by atoms with van der Waals surface area (Å²) >= 11 is 1.23. The lowest BCUT2D eigenvalue weighted by atomic mass is 10.1. The second kappa shape index (κ2) is 6.78. The predicted molar refractivity (Wildman–Crippen MR) is 72.1 cm³/mol. The molecule has 0 amide bonds. The van der Waals surface area contributed by atoms with E-state index in [4.69, 9.17) is 5.11 Å². The number of aromatic nitrogens is 3. The fourth-order valence-electron chi connectivity index (χ4n) is 1.90. The minimum absolute atomic E-state index is 0.0208. The number of aliphatic carboxylic acids is 1. The van der Waals surface area contributed by atoms with Gasteiger partial charge in [-0.2, -0.15) is 0 Å². The molecule has 0 aliphatic rings. The maximum absolute atomic E-state index is 10.6. The summed E-state index contributed by atoms with van der Waals surface area (Å²) < 4.78 is 2.05. The predicted octanol–water partition coefficient (Wildman–Crippen LogP) is 2.94. The van der Waals surface area contributed by atoms with E-state index in [9.17, 15) is 4.79 Å². The number of hydrogen-bond acceptors (Lipinski definition) is 4. The lowest BCUT2D eigenvalue weighted by Crippen LogP contribution is -2.11. The number of rotatable bonds is 7. The molecule has 1 aromatic rings. The first-order valence-corrected chi connectivity index (χ1v) is 7.25. The fourth-order valence-corrected chi connectivity index (χ4v) is 2.69. The molecule has 1 rings (SSSR count). The molecular formula is C12H21N3O2S. The first kappa shape index (κ1) is 15.0. The van der Waals surface area contributed by atoms with Crippen LogP contribution in [0.2, 0.25) is 0 Å². The molecule has 6 heteroatoms. The Hall–Kier alpha value is -1.04. The van der Waals surface area contributed by atoms with Crippen LogP contribution in [0.5, 0.6) is 0 Å². The van der Waals surface area contributed by atoms with Gasteiger partial charge in [0.1, 0.15) is 5.82 Å². The van der Waals surface area contributed by atoms with E-state index in [0.717, 1.165) is 18.7 Å². The van der Waals surface area contributed by atoms with E-state index in [1.54, 1.807) is 0 Å². The zero-order chi connectivity index (χ0) is 13.7. The number of thioether (sulfide) groups is 1. The van der Waals surface area contributed by atoms with Gasteiger partial charge in [0.15, 0.2) is 5.16 Å². The topological polar surface area (TPSA) is 68.0 Å².